The number of methoxy groups -OCH3 is 1. The van der Waals surface area contributed by atoms with Gasteiger partial charge in [0.25, 0.3) is 11.5 Å². The summed E-state index contributed by atoms with van der Waals surface area (Å²) in [6.45, 7) is 8.03. The molecule has 0 spiro atoms. The normalized spacial score (nSPS) is 13.6. The zero-order valence-corrected chi connectivity index (χ0v) is 29.6. The van der Waals surface area contributed by atoms with Crippen molar-refractivity contribution in [2.75, 3.05) is 38.7 Å². The van der Waals surface area contributed by atoms with E-state index in [1.54, 1.807) is 61.8 Å². The molecule has 1 fully saturated rings. The maximum atomic E-state index is 15.5. The molecule has 1 amide bonds. The maximum absolute atomic E-state index is 15.5. The summed E-state index contributed by atoms with van der Waals surface area (Å²) >= 11 is 0. The van der Waals surface area contributed by atoms with Crippen LogP contribution in [0.2, 0.25) is 0 Å². The van der Waals surface area contributed by atoms with Gasteiger partial charge in [-0.05, 0) is 81.1 Å². The van der Waals surface area contributed by atoms with Crippen LogP contribution in [-0.2, 0) is 6.54 Å². The highest BCUT2D eigenvalue weighted by atomic mass is 19.1. The summed E-state index contributed by atoms with van der Waals surface area (Å²) in [5.74, 6) is 0.430. The van der Waals surface area contributed by atoms with Gasteiger partial charge in [0.2, 0.25) is 5.69 Å². The first-order valence-electron chi connectivity index (χ1n) is 17.7. The van der Waals surface area contributed by atoms with Gasteiger partial charge in [-0.3, -0.25) is 19.1 Å². The van der Waals surface area contributed by atoms with Gasteiger partial charge in [-0.2, -0.15) is 9.78 Å². The first kappa shape index (κ1) is 36.2. The zero-order chi connectivity index (χ0) is 36.6. The molecule has 0 unspecified atom stereocenters. The molecule has 0 bridgehead atoms. The van der Waals surface area contributed by atoms with E-state index in [9.17, 15) is 14.4 Å². The average molecular weight is 711 g/mol. The molecule has 12 nitrogen and oxygen atoms in total. The largest absolute Gasteiger partial charge is 0.493 e. The van der Waals surface area contributed by atoms with Crippen molar-refractivity contribution in [2.24, 2.45) is 5.92 Å². The summed E-state index contributed by atoms with van der Waals surface area (Å²) in [5.41, 5.74) is -0.960. The Kier molecular flexibility index (Phi) is 11.6. The van der Waals surface area contributed by atoms with E-state index in [4.69, 9.17) is 14.2 Å². The first-order chi connectivity index (χ1) is 25.2. The molecule has 272 valence electrons. The number of benzene rings is 3. The van der Waals surface area contributed by atoms with Crippen LogP contribution in [0.3, 0.4) is 0 Å². The van der Waals surface area contributed by atoms with Crippen molar-refractivity contribution in [3.63, 3.8) is 0 Å². The molecule has 3 heterocycles. The van der Waals surface area contributed by atoms with Gasteiger partial charge in [-0.15, -0.1) is 0 Å². The number of pyridine rings is 1. The van der Waals surface area contributed by atoms with Crippen molar-refractivity contribution in [1.29, 1.82) is 0 Å². The van der Waals surface area contributed by atoms with Crippen LogP contribution < -0.4 is 30.8 Å². The van der Waals surface area contributed by atoms with Gasteiger partial charge < -0.3 is 24.4 Å². The minimum Gasteiger partial charge on any atom is -0.493 e. The molecular formula is C39H43FN6O6. The molecule has 0 radical (unpaired) electrons. The number of nitrogens with zero attached hydrogens (tertiary/aromatic N) is 5. The second-order valence-corrected chi connectivity index (χ2v) is 12.9. The van der Waals surface area contributed by atoms with Gasteiger partial charge in [0.1, 0.15) is 5.75 Å². The van der Waals surface area contributed by atoms with Crippen molar-refractivity contribution in [3.05, 3.63) is 105 Å². The summed E-state index contributed by atoms with van der Waals surface area (Å²) < 4.78 is 35.3. The molecule has 52 heavy (non-hydrogen) atoms. The molecule has 0 atom stereocenters. The fourth-order valence-electron chi connectivity index (χ4n) is 6.12. The minimum absolute atomic E-state index is 0.0627. The van der Waals surface area contributed by atoms with E-state index in [1.807, 2.05) is 6.92 Å². The van der Waals surface area contributed by atoms with Crippen molar-refractivity contribution >= 4 is 22.5 Å². The third-order valence-corrected chi connectivity index (χ3v) is 9.16. The highest BCUT2D eigenvalue weighted by molar-refractivity contribution is 6.02. The van der Waals surface area contributed by atoms with Crippen LogP contribution in [0, 0.1) is 11.7 Å². The van der Waals surface area contributed by atoms with Crippen molar-refractivity contribution in [1.82, 2.24) is 24.2 Å². The lowest BCUT2D eigenvalue weighted by Gasteiger charge is -2.30. The number of para-hydroxylation sites is 1. The molecule has 6 rings (SSSR count). The number of rotatable bonds is 14. The fraction of sp³-hybridized carbons (Fsp3) is 0.359. The Balaban J connectivity index is 1.19. The maximum Gasteiger partial charge on any atom is 0.352 e. The Bertz CT molecular complexity index is 2150. The molecule has 1 saturated heterocycles. The van der Waals surface area contributed by atoms with E-state index in [0.717, 1.165) is 53.7 Å². The lowest BCUT2D eigenvalue weighted by molar-refractivity contribution is 0.101. The van der Waals surface area contributed by atoms with Crippen LogP contribution in [0.1, 0.15) is 56.4 Å². The number of anilines is 1. The number of carbonyl (C=O) groups is 1. The van der Waals surface area contributed by atoms with Gasteiger partial charge in [0, 0.05) is 42.5 Å². The van der Waals surface area contributed by atoms with Gasteiger partial charge in [-0.25, -0.2) is 9.18 Å². The van der Waals surface area contributed by atoms with Crippen LogP contribution in [-0.4, -0.2) is 63.5 Å². The summed E-state index contributed by atoms with van der Waals surface area (Å²) in [6, 6.07) is 17.6. The zero-order valence-electron chi connectivity index (χ0n) is 29.6. The summed E-state index contributed by atoms with van der Waals surface area (Å²) in [6.07, 6.45) is 6.14. The van der Waals surface area contributed by atoms with E-state index in [-0.39, 0.29) is 18.0 Å². The number of likely N-dealkylation sites (tertiary alicyclic amines) is 1. The van der Waals surface area contributed by atoms with E-state index < -0.39 is 28.7 Å². The standard InChI is InChI=1S/C39H43FN6O6/c1-4-5-19-45-38(48)36(43-46(39(45)49)28-10-7-6-8-11-28)37(47)42-27-12-13-33(30(40)23-27)52-32-14-17-41-31-25-34(50-3)35(24-29(31)32)51-22-9-18-44-20-15-26(2)16-21-44/h6-8,10-14,17,23-26H,4-5,9,15-16,18-22H2,1-3H3,(H,42,47). The second kappa shape index (κ2) is 16.6. The minimum atomic E-state index is -0.889. The van der Waals surface area contributed by atoms with Gasteiger partial charge in [0.05, 0.1) is 24.9 Å². The smallest absolute Gasteiger partial charge is 0.352 e. The number of fused-ring (bicyclic) bond motifs is 1. The highest BCUT2D eigenvalue weighted by Gasteiger charge is 2.22. The monoisotopic (exact) mass is 710 g/mol. The molecule has 3 aromatic carbocycles. The summed E-state index contributed by atoms with van der Waals surface area (Å²) in [4.78, 5) is 46.7. The molecular weight excluding hydrogens is 667 g/mol. The Morgan fingerprint density at radius 1 is 0.942 bits per heavy atom. The van der Waals surface area contributed by atoms with E-state index in [0.29, 0.717) is 46.9 Å². The van der Waals surface area contributed by atoms with Crippen molar-refractivity contribution in [3.8, 4) is 28.7 Å². The fourth-order valence-corrected chi connectivity index (χ4v) is 6.12. The number of hydrogen-bond acceptors (Lipinski definition) is 9. The van der Waals surface area contributed by atoms with Crippen LogP contribution in [0.25, 0.3) is 16.6 Å². The number of piperidine rings is 1. The highest BCUT2D eigenvalue weighted by Crippen LogP contribution is 2.38. The molecule has 1 N–H and O–H groups in total. The molecule has 13 heteroatoms. The third kappa shape index (κ3) is 8.31. The number of hydrogen-bond donors (Lipinski definition) is 1. The predicted octanol–water partition coefficient (Wildman–Crippen LogP) is 6.44. The third-order valence-electron chi connectivity index (χ3n) is 9.16. The average Bonchev–Trinajstić information content (AvgIpc) is 3.15. The molecule has 0 aliphatic carbocycles. The molecule has 5 aromatic rings. The summed E-state index contributed by atoms with van der Waals surface area (Å²) in [5, 5.41) is 7.25. The predicted molar refractivity (Wildman–Crippen MR) is 197 cm³/mol. The van der Waals surface area contributed by atoms with Gasteiger partial charge in [-0.1, -0.05) is 38.5 Å². The number of nitrogens with one attached hydrogen (secondary N) is 1. The Labute approximate surface area is 300 Å². The van der Waals surface area contributed by atoms with Crippen LogP contribution in [0.4, 0.5) is 10.1 Å². The Hall–Kier alpha value is -5.56. The van der Waals surface area contributed by atoms with Gasteiger partial charge in [0.15, 0.2) is 23.1 Å². The lowest BCUT2D eigenvalue weighted by Crippen LogP contribution is -2.44. The molecule has 1 aliphatic rings. The topological polar surface area (TPSA) is 130 Å². The van der Waals surface area contributed by atoms with Crippen molar-refractivity contribution < 1.29 is 23.4 Å². The summed E-state index contributed by atoms with van der Waals surface area (Å²) in [7, 11) is 1.57. The van der Waals surface area contributed by atoms with Crippen LogP contribution in [0.15, 0.2) is 82.5 Å². The SMILES string of the molecule is CCCCn1c(=O)c(C(=O)Nc2ccc(Oc3ccnc4cc(OC)c(OCCCN5CCC(C)CC5)cc34)c(F)c2)nn(-c2ccccc2)c1=O. The van der Waals surface area contributed by atoms with E-state index in [1.165, 1.54) is 25.0 Å². The van der Waals surface area contributed by atoms with Crippen LogP contribution in [0.5, 0.6) is 23.0 Å². The Morgan fingerprint density at radius 3 is 2.46 bits per heavy atom. The van der Waals surface area contributed by atoms with Crippen molar-refractivity contribution in [2.45, 2.75) is 52.5 Å². The van der Waals surface area contributed by atoms with E-state index >= 15 is 4.39 Å². The molecule has 0 saturated carbocycles. The number of ether oxygens (including phenoxy) is 3. The van der Waals surface area contributed by atoms with E-state index in [2.05, 4.69) is 27.2 Å². The van der Waals surface area contributed by atoms with Crippen LogP contribution >= 0.6 is 0 Å². The number of amides is 1. The number of halogens is 1. The second-order valence-electron chi connectivity index (χ2n) is 12.9. The number of carbonyl (C=O) groups excluding carboxylic acids is 1. The first-order valence-corrected chi connectivity index (χ1v) is 17.7. The number of aromatic nitrogens is 4. The molecule has 2 aromatic heterocycles. The lowest BCUT2D eigenvalue weighted by atomic mass is 9.99. The molecule has 1 aliphatic heterocycles. The Morgan fingerprint density at radius 2 is 1.73 bits per heavy atom. The number of unbranched alkanes of at least 4 members (excludes halogenated alkanes) is 1. The van der Waals surface area contributed by atoms with Gasteiger partial charge >= 0.3 is 5.69 Å². The quantitative estimate of drug-likeness (QED) is 0.130.